The van der Waals surface area contributed by atoms with Gasteiger partial charge in [-0.2, -0.15) is 0 Å². The van der Waals surface area contributed by atoms with E-state index in [1.165, 1.54) is 11.3 Å². The summed E-state index contributed by atoms with van der Waals surface area (Å²) in [6.45, 7) is 11.1. The molecule has 2 amide bonds. The van der Waals surface area contributed by atoms with E-state index >= 15 is 0 Å². The third kappa shape index (κ3) is 6.84. The van der Waals surface area contributed by atoms with Gasteiger partial charge in [0.25, 0.3) is 0 Å². The third-order valence-electron chi connectivity index (χ3n) is 2.93. The molecule has 0 aromatic carbocycles. The monoisotopic (exact) mass is 357 g/mol. The molecule has 0 saturated heterocycles. The van der Waals surface area contributed by atoms with Crippen LogP contribution in [0.25, 0.3) is 0 Å². The Kier molecular flexibility index (Phi) is 6.74. The van der Waals surface area contributed by atoms with E-state index in [4.69, 9.17) is 9.84 Å². The molecule has 0 radical (unpaired) electrons. The first-order chi connectivity index (χ1) is 10.9. The quantitative estimate of drug-likeness (QED) is 0.752. The number of thiazole rings is 1. The Morgan fingerprint density at radius 3 is 2.38 bits per heavy atom. The molecule has 1 aromatic heterocycles. The molecule has 1 rings (SSSR count). The van der Waals surface area contributed by atoms with Gasteiger partial charge < -0.3 is 20.5 Å². The molecule has 0 saturated carbocycles. The van der Waals surface area contributed by atoms with Crippen molar-refractivity contribution < 1.29 is 19.4 Å². The summed E-state index contributed by atoms with van der Waals surface area (Å²) < 4.78 is 5.14. The number of anilines is 1. The Morgan fingerprint density at radius 1 is 1.29 bits per heavy atom. The average molecular weight is 357 g/mol. The molecule has 0 bridgehead atoms. The van der Waals surface area contributed by atoms with Gasteiger partial charge in [0.1, 0.15) is 11.6 Å². The minimum atomic E-state index is -0.896. The summed E-state index contributed by atoms with van der Waals surface area (Å²) in [6, 6.07) is -0.896. The molecule has 0 unspecified atom stereocenters. The fourth-order valence-electron chi connectivity index (χ4n) is 1.72. The Bertz CT molecular complexity index is 573. The van der Waals surface area contributed by atoms with Crippen LogP contribution in [0.5, 0.6) is 0 Å². The molecule has 1 atom stereocenters. The predicted molar refractivity (Wildman–Crippen MR) is 94.3 cm³/mol. The second-order valence-corrected chi connectivity index (χ2v) is 8.35. The van der Waals surface area contributed by atoms with Crippen molar-refractivity contribution in [2.24, 2.45) is 0 Å². The van der Waals surface area contributed by atoms with E-state index in [9.17, 15) is 9.59 Å². The molecule has 1 aromatic rings. The molecule has 0 aliphatic carbocycles. The summed E-state index contributed by atoms with van der Waals surface area (Å²) in [6.07, 6.45) is -0.617. The number of alkyl carbamates (subject to hydrolysis) is 1. The highest BCUT2D eigenvalue weighted by atomic mass is 32.1. The third-order valence-corrected chi connectivity index (χ3v) is 3.69. The van der Waals surface area contributed by atoms with Crippen molar-refractivity contribution in [2.45, 2.75) is 65.0 Å². The van der Waals surface area contributed by atoms with Gasteiger partial charge in [0, 0.05) is 17.4 Å². The second kappa shape index (κ2) is 7.94. The van der Waals surface area contributed by atoms with Crippen molar-refractivity contribution in [1.82, 2.24) is 10.3 Å². The van der Waals surface area contributed by atoms with Crippen molar-refractivity contribution >= 4 is 28.5 Å². The smallest absolute Gasteiger partial charge is 0.408 e. The van der Waals surface area contributed by atoms with Crippen molar-refractivity contribution in [3.05, 3.63) is 11.1 Å². The number of amides is 2. The van der Waals surface area contributed by atoms with E-state index < -0.39 is 23.6 Å². The number of ether oxygens (including phenoxy) is 1. The lowest BCUT2D eigenvalue weighted by molar-refractivity contribution is -0.118. The highest BCUT2D eigenvalue weighted by Crippen LogP contribution is 2.26. The molecular weight excluding hydrogens is 330 g/mol. The number of rotatable bonds is 5. The molecule has 0 fully saturated rings. The first-order valence-corrected chi connectivity index (χ1v) is 8.67. The molecule has 0 aliphatic rings. The lowest BCUT2D eigenvalue weighted by Crippen LogP contribution is -2.46. The fraction of sp³-hybridized carbons (Fsp3) is 0.688. The van der Waals surface area contributed by atoms with Gasteiger partial charge in [-0.25, -0.2) is 9.78 Å². The van der Waals surface area contributed by atoms with Crippen LogP contribution >= 0.6 is 11.3 Å². The van der Waals surface area contributed by atoms with Crippen LogP contribution < -0.4 is 10.6 Å². The largest absolute Gasteiger partial charge is 0.444 e. The van der Waals surface area contributed by atoms with Crippen LogP contribution in [0.2, 0.25) is 0 Å². The molecule has 24 heavy (non-hydrogen) atoms. The van der Waals surface area contributed by atoms with Crippen LogP contribution in [-0.4, -0.2) is 40.3 Å². The Morgan fingerprint density at radius 2 is 1.92 bits per heavy atom. The second-order valence-electron chi connectivity index (χ2n) is 7.49. The Hall–Kier alpha value is -1.67. The molecule has 3 N–H and O–H groups in total. The van der Waals surface area contributed by atoms with Gasteiger partial charge in [0.15, 0.2) is 5.13 Å². The van der Waals surface area contributed by atoms with Crippen LogP contribution in [0.15, 0.2) is 5.38 Å². The van der Waals surface area contributed by atoms with E-state index in [0.29, 0.717) is 5.13 Å². The van der Waals surface area contributed by atoms with Crippen molar-refractivity contribution in [2.75, 3.05) is 11.9 Å². The molecule has 0 aliphatic heterocycles. The normalized spacial score (nSPS) is 13.3. The van der Waals surface area contributed by atoms with Crippen molar-refractivity contribution in [3.8, 4) is 0 Å². The van der Waals surface area contributed by atoms with E-state index in [1.807, 2.05) is 26.2 Å². The number of aliphatic hydroxyl groups excluding tert-OH is 1. The van der Waals surface area contributed by atoms with E-state index in [0.717, 1.165) is 5.69 Å². The molecule has 0 spiro atoms. The number of hydrogen-bond donors (Lipinski definition) is 3. The van der Waals surface area contributed by atoms with Gasteiger partial charge >= 0.3 is 6.09 Å². The SMILES string of the molecule is CC(C)(C)OC(=O)N[C@@H](CCO)C(=O)Nc1nc(C(C)(C)C)cs1. The van der Waals surface area contributed by atoms with E-state index in [2.05, 4.69) is 15.6 Å². The summed E-state index contributed by atoms with van der Waals surface area (Å²) in [5, 5.41) is 16.6. The van der Waals surface area contributed by atoms with Crippen LogP contribution in [0.1, 0.15) is 53.7 Å². The fourth-order valence-corrected chi connectivity index (χ4v) is 2.66. The highest BCUT2D eigenvalue weighted by Gasteiger charge is 2.25. The van der Waals surface area contributed by atoms with Gasteiger partial charge in [-0.1, -0.05) is 20.8 Å². The summed E-state index contributed by atoms with van der Waals surface area (Å²) >= 11 is 1.32. The molecule has 1 heterocycles. The number of carbonyl (C=O) groups excluding carboxylic acids is 2. The van der Waals surface area contributed by atoms with E-state index in [-0.39, 0.29) is 18.4 Å². The number of hydrogen-bond acceptors (Lipinski definition) is 6. The maximum absolute atomic E-state index is 12.3. The van der Waals surface area contributed by atoms with Gasteiger partial charge in [-0.15, -0.1) is 11.3 Å². The van der Waals surface area contributed by atoms with Gasteiger partial charge in [0.2, 0.25) is 5.91 Å². The van der Waals surface area contributed by atoms with Crippen LogP contribution in [0.3, 0.4) is 0 Å². The van der Waals surface area contributed by atoms with Crippen LogP contribution in [0, 0.1) is 0 Å². The zero-order chi connectivity index (χ0) is 18.5. The minimum Gasteiger partial charge on any atom is -0.444 e. The zero-order valence-corrected chi connectivity index (χ0v) is 15.9. The maximum atomic E-state index is 12.3. The van der Waals surface area contributed by atoms with Gasteiger partial charge in [0.05, 0.1) is 5.69 Å². The first kappa shape index (κ1) is 20.4. The topological polar surface area (TPSA) is 101 Å². The first-order valence-electron chi connectivity index (χ1n) is 7.79. The summed E-state index contributed by atoms with van der Waals surface area (Å²) in [4.78, 5) is 28.5. The molecule has 8 heteroatoms. The average Bonchev–Trinajstić information content (AvgIpc) is 2.84. The van der Waals surface area contributed by atoms with Crippen LogP contribution in [-0.2, 0) is 14.9 Å². The Labute approximate surface area is 146 Å². The summed E-state index contributed by atoms with van der Waals surface area (Å²) in [7, 11) is 0. The maximum Gasteiger partial charge on any atom is 0.408 e. The number of aliphatic hydroxyl groups is 1. The number of nitrogens with zero attached hydrogens (tertiary/aromatic N) is 1. The van der Waals surface area contributed by atoms with Crippen molar-refractivity contribution in [3.63, 3.8) is 0 Å². The zero-order valence-electron chi connectivity index (χ0n) is 15.1. The predicted octanol–water partition coefficient (Wildman–Crippen LogP) is 2.65. The number of carbonyl (C=O) groups is 2. The summed E-state index contributed by atoms with van der Waals surface area (Å²) in [5.74, 6) is -0.440. The number of aromatic nitrogens is 1. The Balaban J connectivity index is 2.73. The lowest BCUT2D eigenvalue weighted by atomic mass is 9.93. The minimum absolute atomic E-state index is 0.0859. The van der Waals surface area contributed by atoms with Crippen LogP contribution in [0.4, 0.5) is 9.93 Å². The van der Waals surface area contributed by atoms with Crippen molar-refractivity contribution in [1.29, 1.82) is 0 Å². The number of nitrogens with one attached hydrogen (secondary N) is 2. The molecule has 136 valence electrons. The van der Waals surface area contributed by atoms with Gasteiger partial charge in [-0.05, 0) is 27.2 Å². The van der Waals surface area contributed by atoms with E-state index in [1.54, 1.807) is 20.8 Å². The molecular formula is C16H27N3O4S. The highest BCUT2D eigenvalue weighted by molar-refractivity contribution is 7.14. The van der Waals surface area contributed by atoms with Gasteiger partial charge in [-0.3, -0.25) is 4.79 Å². The standard InChI is InChI=1S/C16H27N3O4S/c1-15(2,3)11-9-24-13(18-11)19-12(21)10(7-8-20)17-14(22)23-16(4,5)6/h9-10,20H,7-8H2,1-6H3,(H,17,22)(H,18,19,21)/t10-/m0/s1. The lowest BCUT2D eigenvalue weighted by Gasteiger charge is -2.22. The summed E-state index contributed by atoms with van der Waals surface area (Å²) in [5.41, 5.74) is 0.0987. The molecule has 7 nitrogen and oxygen atoms in total.